The highest BCUT2D eigenvalue weighted by molar-refractivity contribution is 7.09. The monoisotopic (exact) mass is 491 g/mol. The zero-order chi connectivity index (χ0) is 24.5. The lowest BCUT2D eigenvalue weighted by molar-refractivity contribution is -0.140. The number of hydrogen-bond acceptors (Lipinski definition) is 5. The van der Waals surface area contributed by atoms with Crippen LogP contribution in [0.1, 0.15) is 56.4 Å². The van der Waals surface area contributed by atoms with Gasteiger partial charge < -0.3 is 9.84 Å². The van der Waals surface area contributed by atoms with Crippen LogP contribution in [-0.2, 0) is 20.9 Å². The standard InChI is InChI=1S/C29H33NO4S/c1-3-5-19(15-20-7-10-21(31)11-8-20)9-12-25-26-18(2)14-23-27(24(26)17-34-25)29(33)30(28(23)32)16-22-6-4-13-35-22/h4,6-8,10-11,13,15,23-25,27,31H,3,5,9,12,14,16-17H2,1-2H3/b19-15+/t23-,24+,25-,27-/m1/s1. The van der Waals surface area contributed by atoms with E-state index in [1.165, 1.54) is 21.6 Å². The molecule has 2 saturated heterocycles. The Morgan fingerprint density at radius 1 is 1.14 bits per heavy atom. The van der Waals surface area contributed by atoms with Gasteiger partial charge in [-0.15, -0.1) is 11.3 Å². The molecule has 2 aliphatic heterocycles. The fraction of sp³-hybridized carbons (Fsp3) is 0.448. The predicted octanol–water partition coefficient (Wildman–Crippen LogP) is 5.95. The van der Waals surface area contributed by atoms with E-state index in [0.29, 0.717) is 19.6 Å². The number of imide groups is 1. The van der Waals surface area contributed by atoms with Crippen LogP contribution in [0.3, 0.4) is 0 Å². The van der Waals surface area contributed by atoms with Crippen LogP contribution in [0.15, 0.2) is 58.5 Å². The highest BCUT2D eigenvalue weighted by atomic mass is 32.1. The summed E-state index contributed by atoms with van der Waals surface area (Å²) >= 11 is 1.58. The molecule has 3 aliphatic rings. The number of amides is 2. The van der Waals surface area contributed by atoms with Crippen molar-refractivity contribution in [2.75, 3.05) is 6.61 Å². The molecule has 1 aromatic carbocycles. The molecule has 5 rings (SSSR count). The van der Waals surface area contributed by atoms with Gasteiger partial charge in [-0.1, -0.05) is 48.8 Å². The minimum atomic E-state index is -0.284. The van der Waals surface area contributed by atoms with Crippen LogP contribution in [0.2, 0.25) is 0 Å². The van der Waals surface area contributed by atoms with Crippen molar-refractivity contribution in [3.63, 3.8) is 0 Å². The number of rotatable bonds is 8. The van der Waals surface area contributed by atoms with Crippen molar-refractivity contribution >= 4 is 29.2 Å². The van der Waals surface area contributed by atoms with Crippen LogP contribution >= 0.6 is 11.3 Å². The van der Waals surface area contributed by atoms with Gasteiger partial charge in [-0.3, -0.25) is 14.5 Å². The number of likely N-dealkylation sites (tertiary alicyclic amines) is 1. The van der Waals surface area contributed by atoms with Crippen molar-refractivity contribution in [2.45, 2.75) is 58.6 Å². The third-order valence-corrected chi connectivity index (χ3v) is 8.56. The minimum Gasteiger partial charge on any atom is -0.508 e. The maximum absolute atomic E-state index is 13.4. The second kappa shape index (κ2) is 10.1. The SMILES string of the molecule is CCC/C(=C\c1ccc(O)cc1)CC[C@H]1OC[C@H]2C1=C(C)C[C@H]1C(=O)N(Cc3cccs3)C(=O)[C@H]12. The fourth-order valence-electron chi connectivity index (χ4n) is 6.12. The molecule has 0 radical (unpaired) electrons. The zero-order valence-electron chi connectivity index (χ0n) is 20.4. The summed E-state index contributed by atoms with van der Waals surface area (Å²) in [5.74, 6) is -0.281. The topological polar surface area (TPSA) is 66.8 Å². The Labute approximate surface area is 211 Å². The summed E-state index contributed by atoms with van der Waals surface area (Å²) in [4.78, 5) is 29.1. The first-order chi connectivity index (χ1) is 17.0. The van der Waals surface area contributed by atoms with Gasteiger partial charge >= 0.3 is 0 Å². The van der Waals surface area contributed by atoms with E-state index >= 15 is 0 Å². The maximum atomic E-state index is 13.4. The molecule has 184 valence electrons. The predicted molar refractivity (Wildman–Crippen MR) is 138 cm³/mol. The van der Waals surface area contributed by atoms with Crippen molar-refractivity contribution in [1.82, 2.24) is 4.90 Å². The van der Waals surface area contributed by atoms with Gasteiger partial charge in [0.1, 0.15) is 5.75 Å². The Bertz CT molecular complexity index is 1150. The van der Waals surface area contributed by atoms with Gasteiger partial charge in [0.05, 0.1) is 31.1 Å². The summed E-state index contributed by atoms with van der Waals surface area (Å²) in [6, 6.07) is 11.2. The molecular formula is C29H33NO4S. The van der Waals surface area contributed by atoms with Crippen LogP contribution < -0.4 is 0 Å². The Balaban J connectivity index is 1.30. The lowest BCUT2D eigenvalue weighted by atomic mass is 9.70. The average molecular weight is 492 g/mol. The molecule has 5 nitrogen and oxygen atoms in total. The zero-order valence-corrected chi connectivity index (χ0v) is 21.2. The first-order valence-electron chi connectivity index (χ1n) is 12.6. The Morgan fingerprint density at radius 2 is 1.94 bits per heavy atom. The third kappa shape index (κ3) is 4.74. The number of phenols is 1. The maximum Gasteiger partial charge on any atom is 0.234 e. The van der Waals surface area contributed by atoms with Crippen molar-refractivity contribution in [1.29, 1.82) is 0 Å². The van der Waals surface area contributed by atoms with Gasteiger partial charge in [0, 0.05) is 10.8 Å². The van der Waals surface area contributed by atoms with Gasteiger partial charge in [0.2, 0.25) is 11.8 Å². The number of ether oxygens (including phenoxy) is 1. The normalized spacial score (nSPS) is 26.5. The lowest BCUT2D eigenvalue weighted by Gasteiger charge is -2.30. The van der Waals surface area contributed by atoms with Crippen molar-refractivity contribution in [3.05, 3.63) is 68.9 Å². The quantitative estimate of drug-likeness (QED) is 0.366. The van der Waals surface area contributed by atoms with E-state index in [4.69, 9.17) is 4.74 Å². The van der Waals surface area contributed by atoms with E-state index < -0.39 is 0 Å². The Morgan fingerprint density at radius 3 is 2.66 bits per heavy atom. The summed E-state index contributed by atoms with van der Waals surface area (Å²) in [7, 11) is 0. The third-order valence-electron chi connectivity index (χ3n) is 7.70. The smallest absolute Gasteiger partial charge is 0.234 e. The summed E-state index contributed by atoms with van der Waals surface area (Å²) in [5.41, 5.74) is 4.96. The highest BCUT2D eigenvalue weighted by Gasteiger charge is 2.56. The molecule has 3 heterocycles. The minimum absolute atomic E-state index is 0.00951. The number of carbonyl (C=O) groups is 2. The van der Waals surface area contributed by atoms with E-state index in [1.54, 1.807) is 23.5 Å². The van der Waals surface area contributed by atoms with E-state index in [9.17, 15) is 14.7 Å². The van der Waals surface area contributed by atoms with E-state index in [0.717, 1.165) is 36.1 Å². The largest absolute Gasteiger partial charge is 0.508 e. The second-order valence-electron chi connectivity index (χ2n) is 10.0. The van der Waals surface area contributed by atoms with Crippen LogP contribution in [0.5, 0.6) is 5.75 Å². The molecule has 1 N–H and O–H groups in total. The molecule has 1 aromatic heterocycles. The van der Waals surface area contributed by atoms with E-state index in [2.05, 4.69) is 19.9 Å². The molecule has 0 spiro atoms. The van der Waals surface area contributed by atoms with E-state index in [-0.39, 0.29) is 41.4 Å². The summed E-state index contributed by atoms with van der Waals surface area (Å²) < 4.78 is 6.30. The van der Waals surface area contributed by atoms with Crippen LogP contribution in [-0.4, -0.2) is 34.5 Å². The highest BCUT2D eigenvalue weighted by Crippen LogP contribution is 2.50. The molecule has 0 bridgehead atoms. The number of aromatic hydroxyl groups is 1. The number of carbonyl (C=O) groups excluding carboxylic acids is 2. The number of thiophene rings is 1. The number of fused-ring (bicyclic) bond motifs is 3. The fourth-order valence-corrected chi connectivity index (χ4v) is 6.81. The number of benzene rings is 1. The van der Waals surface area contributed by atoms with Crippen LogP contribution in [0, 0.1) is 17.8 Å². The van der Waals surface area contributed by atoms with E-state index in [1.807, 2.05) is 29.6 Å². The molecule has 0 saturated carbocycles. The second-order valence-corrected chi connectivity index (χ2v) is 11.1. The molecule has 1 aliphatic carbocycles. The summed E-state index contributed by atoms with van der Waals surface area (Å²) in [5, 5.41) is 11.5. The van der Waals surface area contributed by atoms with Crippen molar-refractivity contribution in [3.8, 4) is 5.75 Å². The molecule has 2 aromatic rings. The van der Waals surface area contributed by atoms with Gasteiger partial charge in [-0.25, -0.2) is 0 Å². The van der Waals surface area contributed by atoms with Gasteiger partial charge in [-0.2, -0.15) is 0 Å². The van der Waals surface area contributed by atoms with Gasteiger partial charge in [-0.05, 0) is 67.3 Å². The molecule has 2 amide bonds. The van der Waals surface area contributed by atoms with Crippen molar-refractivity contribution < 1.29 is 19.4 Å². The number of hydrogen-bond donors (Lipinski definition) is 1. The van der Waals surface area contributed by atoms with Crippen LogP contribution in [0.4, 0.5) is 0 Å². The molecule has 4 atom stereocenters. The summed E-state index contributed by atoms with van der Waals surface area (Å²) in [6.45, 7) is 5.22. The molecule has 35 heavy (non-hydrogen) atoms. The van der Waals surface area contributed by atoms with Gasteiger partial charge in [0.25, 0.3) is 0 Å². The molecule has 6 heteroatoms. The van der Waals surface area contributed by atoms with Gasteiger partial charge in [0.15, 0.2) is 0 Å². The first-order valence-corrected chi connectivity index (χ1v) is 13.5. The average Bonchev–Trinajstić information content (AvgIpc) is 3.56. The van der Waals surface area contributed by atoms with Crippen LogP contribution in [0.25, 0.3) is 6.08 Å². The van der Waals surface area contributed by atoms with Crippen molar-refractivity contribution in [2.24, 2.45) is 17.8 Å². The number of allylic oxidation sites excluding steroid dienone is 2. The molecule has 2 fully saturated rings. The molecule has 0 unspecified atom stereocenters. The lowest BCUT2D eigenvalue weighted by Crippen LogP contribution is -2.34. The number of nitrogens with zero attached hydrogens (tertiary/aromatic N) is 1. The Kier molecular flexibility index (Phi) is 6.94. The number of phenolic OH excluding ortho intramolecular Hbond substituents is 1. The first kappa shape index (κ1) is 24.0. The molecular weight excluding hydrogens is 458 g/mol. The summed E-state index contributed by atoms with van der Waals surface area (Å²) in [6.07, 6.45) is 6.78. The Hall–Kier alpha value is -2.70.